The number of benzene rings is 2. The summed E-state index contributed by atoms with van der Waals surface area (Å²) in [5, 5.41) is 1.46. The fourth-order valence-corrected chi connectivity index (χ4v) is 2.86. The Hall–Kier alpha value is -2.37. The van der Waals surface area contributed by atoms with Gasteiger partial charge in [-0.25, -0.2) is 9.18 Å². The third-order valence-corrected chi connectivity index (χ3v) is 4.51. The molecule has 0 spiro atoms. The molecule has 0 atom stereocenters. The number of fused-ring (bicyclic) bond motifs is 1. The summed E-state index contributed by atoms with van der Waals surface area (Å²) in [6.45, 7) is 3.50. The molecule has 0 radical (unpaired) electrons. The minimum atomic E-state index is -0.384. The molecule has 0 amide bonds. The molecule has 0 aliphatic carbocycles. The quantitative estimate of drug-likeness (QED) is 0.599. The Balaban J connectivity index is 1.68. The normalized spacial score (nSPS) is 11.3. The van der Waals surface area contributed by atoms with E-state index in [1.54, 1.807) is 18.2 Å². The molecule has 0 N–H and O–H groups in total. The molecule has 2 aromatic carbocycles. The fraction of sp³-hybridized carbons (Fsp3) is 0.250. The van der Waals surface area contributed by atoms with Gasteiger partial charge in [-0.1, -0.05) is 11.6 Å². The van der Waals surface area contributed by atoms with Crippen LogP contribution in [0, 0.1) is 12.7 Å². The third kappa shape index (κ3) is 4.42. The van der Waals surface area contributed by atoms with Crippen molar-refractivity contribution in [2.24, 2.45) is 0 Å². The summed E-state index contributed by atoms with van der Waals surface area (Å²) < 4.78 is 23.8. The second-order valence-corrected chi connectivity index (χ2v) is 6.64. The molecule has 0 fully saturated rings. The minimum absolute atomic E-state index is 0.293. The maximum absolute atomic E-state index is 12.9. The summed E-state index contributed by atoms with van der Waals surface area (Å²) in [6.07, 6.45) is 0. The Morgan fingerprint density at radius 3 is 2.65 bits per heavy atom. The SMILES string of the molecule is Cc1cc2oc(=O)cc(CN(C)CCOc3ccc(F)cc3)c2cc1Cl. The van der Waals surface area contributed by atoms with Gasteiger partial charge in [-0.15, -0.1) is 0 Å². The van der Waals surface area contributed by atoms with Gasteiger partial charge >= 0.3 is 5.63 Å². The van der Waals surface area contributed by atoms with E-state index in [0.717, 1.165) is 16.5 Å². The van der Waals surface area contributed by atoms with Crippen molar-refractivity contribution in [3.63, 3.8) is 0 Å². The monoisotopic (exact) mass is 375 g/mol. The molecular formula is C20H19ClFNO3. The summed E-state index contributed by atoms with van der Waals surface area (Å²) in [5.41, 5.74) is 1.86. The number of nitrogens with zero attached hydrogens (tertiary/aromatic N) is 1. The molecule has 26 heavy (non-hydrogen) atoms. The van der Waals surface area contributed by atoms with E-state index in [4.69, 9.17) is 20.8 Å². The van der Waals surface area contributed by atoms with E-state index in [-0.39, 0.29) is 11.4 Å². The lowest BCUT2D eigenvalue weighted by Gasteiger charge is -2.18. The van der Waals surface area contributed by atoms with Crippen LogP contribution in [-0.2, 0) is 6.54 Å². The zero-order valence-corrected chi connectivity index (χ0v) is 15.3. The Morgan fingerprint density at radius 2 is 1.92 bits per heavy atom. The molecule has 0 saturated heterocycles. The van der Waals surface area contributed by atoms with E-state index in [1.165, 1.54) is 18.2 Å². The molecule has 0 aliphatic heterocycles. The lowest BCUT2D eigenvalue weighted by Crippen LogP contribution is -2.24. The van der Waals surface area contributed by atoms with Gasteiger partial charge in [0.15, 0.2) is 0 Å². The van der Waals surface area contributed by atoms with E-state index < -0.39 is 0 Å². The summed E-state index contributed by atoms with van der Waals surface area (Å²) in [5.74, 6) is 0.325. The van der Waals surface area contributed by atoms with Crippen LogP contribution >= 0.6 is 11.6 Å². The van der Waals surface area contributed by atoms with Crippen molar-refractivity contribution in [1.82, 2.24) is 4.90 Å². The van der Waals surface area contributed by atoms with Crippen LogP contribution in [-0.4, -0.2) is 25.1 Å². The highest BCUT2D eigenvalue weighted by Gasteiger charge is 2.10. The van der Waals surface area contributed by atoms with Gasteiger partial charge in [0.05, 0.1) is 0 Å². The van der Waals surface area contributed by atoms with Crippen LogP contribution in [0.3, 0.4) is 0 Å². The van der Waals surface area contributed by atoms with E-state index in [0.29, 0.717) is 36.1 Å². The van der Waals surface area contributed by atoms with Gasteiger partial charge in [0.25, 0.3) is 0 Å². The van der Waals surface area contributed by atoms with Crippen molar-refractivity contribution in [3.8, 4) is 5.75 Å². The third-order valence-electron chi connectivity index (χ3n) is 4.11. The van der Waals surface area contributed by atoms with Gasteiger partial charge in [-0.05, 0) is 61.5 Å². The molecule has 0 aliphatic rings. The van der Waals surface area contributed by atoms with Crippen LogP contribution in [0.15, 0.2) is 51.7 Å². The van der Waals surface area contributed by atoms with Gasteiger partial charge in [0.2, 0.25) is 0 Å². The van der Waals surface area contributed by atoms with Crippen molar-refractivity contribution < 1.29 is 13.5 Å². The molecule has 1 heterocycles. The average Bonchev–Trinajstić information content (AvgIpc) is 2.58. The Kier molecular flexibility index (Phi) is 5.59. The topological polar surface area (TPSA) is 42.7 Å². The Bertz CT molecular complexity index is 969. The molecule has 3 aromatic rings. The van der Waals surface area contributed by atoms with Crippen molar-refractivity contribution in [2.45, 2.75) is 13.5 Å². The number of hydrogen-bond acceptors (Lipinski definition) is 4. The predicted octanol–water partition coefficient (Wildman–Crippen LogP) is 4.40. The molecule has 6 heteroatoms. The van der Waals surface area contributed by atoms with Crippen molar-refractivity contribution >= 4 is 22.6 Å². The van der Waals surface area contributed by atoms with Gasteiger partial charge < -0.3 is 9.15 Å². The first-order valence-electron chi connectivity index (χ1n) is 8.22. The van der Waals surface area contributed by atoms with Crippen molar-refractivity contribution in [1.29, 1.82) is 0 Å². The maximum atomic E-state index is 12.9. The second-order valence-electron chi connectivity index (χ2n) is 6.23. The van der Waals surface area contributed by atoms with Gasteiger partial charge in [0, 0.05) is 29.6 Å². The first-order valence-corrected chi connectivity index (χ1v) is 8.60. The molecule has 0 bridgehead atoms. The van der Waals surface area contributed by atoms with E-state index in [1.807, 2.05) is 24.9 Å². The zero-order chi connectivity index (χ0) is 18.7. The summed E-state index contributed by atoms with van der Waals surface area (Å²) >= 11 is 6.22. The van der Waals surface area contributed by atoms with Crippen LogP contribution < -0.4 is 10.4 Å². The maximum Gasteiger partial charge on any atom is 0.336 e. The Morgan fingerprint density at radius 1 is 1.19 bits per heavy atom. The minimum Gasteiger partial charge on any atom is -0.492 e. The van der Waals surface area contributed by atoms with Crippen LogP contribution in [0.5, 0.6) is 5.75 Å². The molecule has 4 nitrogen and oxygen atoms in total. The van der Waals surface area contributed by atoms with Crippen molar-refractivity contribution in [3.05, 3.63) is 74.9 Å². The number of halogens is 2. The molecular weight excluding hydrogens is 357 g/mol. The Labute approximate surface area is 155 Å². The molecule has 136 valence electrons. The lowest BCUT2D eigenvalue weighted by molar-refractivity contribution is 0.233. The lowest BCUT2D eigenvalue weighted by atomic mass is 10.1. The molecule has 0 saturated carbocycles. The largest absolute Gasteiger partial charge is 0.492 e. The molecule has 3 rings (SSSR count). The van der Waals surface area contributed by atoms with E-state index in [9.17, 15) is 9.18 Å². The fourth-order valence-electron chi connectivity index (χ4n) is 2.70. The predicted molar refractivity (Wildman–Crippen MR) is 100 cm³/mol. The number of rotatable bonds is 6. The van der Waals surface area contributed by atoms with Gasteiger partial charge in [-0.3, -0.25) is 4.90 Å². The summed E-state index contributed by atoms with van der Waals surface area (Å²) in [6, 6.07) is 11.0. The van der Waals surface area contributed by atoms with Crippen LogP contribution in [0.1, 0.15) is 11.1 Å². The number of aryl methyl sites for hydroxylation is 1. The average molecular weight is 376 g/mol. The van der Waals surface area contributed by atoms with E-state index in [2.05, 4.69) is 0 Å². The zero-order valence-electron chi connectivity index (χ0n) is 14.6. The van der Waals surface area contributed by atoms with E-state index >= 15 is 0 Å². The van der Waals surface area contributed by atoms with Crippen molar-refractivity contribution in [2.75, 3.05) is 20.2 Å². The summed E-state index contributed by atoms with van der Waals surface area (Å²) in [7, 11) is 1.93. The second kappa shape index (κ2) is 7.89. The van der Waals surface area contributed by atoms with Gasteiger partial charge in [-0.2, -0.15) is 0 Å². The standard InChI is InChI=1S/C20H19ClFNO3/c1-13-9-19-17(11-18(13)21)14(10-20(24)26-19)12-23(2)7-8-25-16-5-3-15(22)4-6-16/h3-6,9-11H,7-8,12H2,1-2H3. The van der Waals surface area contributed by atoms with Gasteiger partial charge in [0.1, 0.15) is 23.8 Å². The molecule has 0 unspecified atom stereocenters. The highest BCUT2D eigenvalue weighted by atomic mass is 35.5. The first kappa shape index (κ1) is 18.4. The number of hydrogen-bond donors (Lipinski definition) is 0. The summed E-state index contributed by atoms with van der Waals surface area (Å²) in [4.78, 5) is 13.9. The number of ether oxygens (including phenoxy) is 1. The highest BCUT2D eigenvalue weighted by molar-refractivity contribution is 6.32. The first-order chi connectivity index (χ1) is 12.4. The smallest absolute Gasteiger partial charge is 0.336 e. The number of likely N-dealkylation sites (N-methyl/N-ethyl adjacent to an activating group) is 1. The van der Waals surface area contributed by atoms with Crippen LogP contribution in [0.25, 0.3) is 11.0 Å². The van der Waals surface area contributed by atoms with Crippen LogP contribution in [0.2, 0.25) is 5.02 Å². The van der Waals surface area contributed by atoms with Crippen LogP contribution in [0.4, 0.5) is 4.39 Å². The highest BCUT2D eigenvalue weighted by Crippen LogP contribution is 2.25. The molecule has 1 aromatic heterocycles.